The van der Waals surface area contributed by atoms with Gasteiger partial charge in [0.15, 0.2) is 0 Å². The van der Waals surface area contributed by atoms with Crippen LogP contribution >= 0.6 is 0 Å². The molecular formula is C13H18F3NO. The zero-order valence-corrected chi connectivity index (χ0v) is 10.8. The molecule has 0 saturated heterocycles. The summed E-state index contributed by atoms with van der Waals surface area (Å²) in [6.07, 6.45) is -4.52. The van der Waals surface area contributed by atoms with Gasteiger partial charge in [-0.05, 0) is 30.7 Å². The summed E-state index contributed by atoms with van der Waals surface area (Å²) < 4.78 is 37.8. The Balaban J connectivity index is 2.86. The minimum absolute atomic E-state index is 0.432. The molecule has 0 heterocycles. The SMILES string of the molecule is CC(C)CN(C)Cc1ccc(O)c(C(F)(F)F)c1. The van der Waals surface area contributed by atoms with E-state index in [0.717, 1.165) is 18.7 Å². The van der Waals surface area contributed by atoms with E-state index in [9.17, 15) is 18.3 Å². The predicted octanol–water partition coefficient (Wildman–Crippen LogP) is 3.50. The Hall–Kier alpha value is -1.23. The number of alkyl halides is 3. The number of phenols is 1. The third kappa shape index (κ3) is 4.22. The van der Waals surface area contributed by atoms with Crippen molar-refractivity contribution in [3.8, 4) is 5.75 Å². The van der Waals surface area contributed by atoms with Crippen LogP contribution in [0, 0.1) is 5.92 Å². The zero-order valence-electron chi connectivity index (χ0n) is 10.8. The second-order valence-corrected chi connectivity index (χ2v) is 4.94. The number of hydrogen-bond acceptors (Lipinski definition) is 2. The number of rotatable bonds is 4. The van der Waals surface area contributed by atoms with Crippen molar-refractivity contribution in [1.82, 2.24) is 4.90 Å². The van der Waals surface area contributed by atoms with E-state index in [1.54, 1.807) is 0 Å². The highest BCUT2D eigenvalue weighted by Gasteiger charge is 2.33. The lowest BCUT2D eigenvalue weighted by Crippen LogP contribution is -2.22. The van der Waals surface area contributed by atoms with Crippen molar-refractivity contribution in [2.75, 3.05) is 13.6 Å². The van der Waals surface area contributed by atoms with Crippen molar-refractivity contribution in [2.45, 2.75) is 26.6 Å². The molecule has 1 N–H and O–H groups in total. The standard InChI is InChI=1S/C13H18F3NO/c1-9(2)7-17(3)8-10-4-5-12(18)11(6-10)13(14,15)16/h4-6,9,18H,7-8H2,1-3H3. The second-order valence-electron chi connectivity index (χ2n) is 4.94. The molecule has 0 aliphatic rings. The van der Waals surface area contributed by atoms with Crippen LogP contribution in [0.3, 0.4) is 0 Å². The molecule has 102 valence electrons. The van der Waals surface area contributed by atoms with Crippen LogP contribution in [0.5, 0.6) is 5.75 Å². The van der Waals surface area contributed by atoms with Gasteiger partial charge in [-0.1, -0.05) is 19.9 Å². The first-order chi connectivity index (χ1) is 8.20. The summed E-state index contributed by atoms with van der Waals surface area (Å²) in [7, 11) is 1.86. The summed E-state index contributed by atoms with van der Waals surface area (Å²) in [5, 5.41) is 9.22. The minimum atomic E-state index is -4.52. The summed E-state index contributed by atoms with van der Waals surface area (Å²) in [6.45, 7) is 5.34. The fourth-order valence-electron chi connectivity index (χ4n) is 1.91. The van der Waals surface area contributed by atoms with E-state index in [4.69, 9.17) is 0 Å². The first-order valence-corrected chi connectivity index (χ1v) is 5.77. The van der Waals surface area contributed by atoms with Gasteiger partial charge in [0.25, 0.3) is 0 Å². The molecule has 0 spiro atoms. The Kier molecular flexibility index (Phi) is 4.62. The van der Waals surface area contributed by atoms with Crippen molar-refractivity contribution < 1.29 is 18.3 Å². The molecule has 0 aromatic heterocycles. The molecule has 0 amide bonds. The molecule has 0 unspecified atom stereocenters. The quantitative estimate of drug-likeness (QED) is 0.896. The summed E-state index contributed by atoms with van der Waals surface area (Å²) in [6, 6.07) is 3.62. The summed E-state index contributed by atoms with van der Waals surface area (Å²) in [5.74, 6) is -0.271. The molecule has 0 bridgehead atoms. The largest absolute Gasteiger partial charge is 0.507 e. The fourth-order valence-corrected chi connectivity index (χ4v) is 1.91. The average Bonchev–Trinajstić information content (AvgIpc) is 2.17. The van der Waals surface area contributed by atoms with Gasteiger partial charge < -0.3 is 10.0 Å². The lowest BCUT2D eigenvalue weighted by molar-refractivity contribution is -0.138. The van der Waals surface area contributed by atoms with E-state index in [2.05, 4.69) is 13.8 Å². The number of hydrogen-bond donors (Lipinski definition) is 1. The van der Waals surface area contributed by atoms with E-state index in [1.807, 2.05) is 11.9 Å². The molecule has 5 heteroatoms. The topological polar surface area (TPSA) is 23.5 Å². The van der Waals surface area contributed by atoms with Gasteiger partial charge in [-0.15, -0.1) is 0 Å². The number of phenolic OH excluding ortho intramolecular Hbond substituents is 1. The normalized spacial score (nSPS) is 12.4. The molecule has 0 aliphatic heterocycles. The van der Waals surface area contributed by atoms with E-state index in [1.165, 1.54) is 6.07 Å². The average molecular weight is 261 g/mol. The first kappa shape index (κ1) is 14.8. The lowest BCUT2D eigenvalue weighted by atomic mass is 10.1. The van der Waals surface area contributed by atoms with Crippen molar-refractivity contribution >= 4 is 0 Å². The highest BCUT2D eigenvalue weighted by molar-refractivity contribution is 5.38. The van der Waals surface area contributed by atoms with Crippen LogP contribution in [0.25, 0.3) is 0 Å². The molecule has 0 aliphatic carbocycles. The third-order valence-electron chi connectivity index (χ3n) is 2.50. The highest BCUT2D eigenvalue weighted by atomic mass is 19.4. The van der Waals surface area contributed by atoms with Gasteiger partial charge in [0.1, 0.15) is 5.75 Å². The van der Waals surface area contributed by atoms with Gasteiger partial charge in [-0.3, -0.25) is 0 Å². The molecule has 2 nitrogen and oxygen atoms in total. The van der Waals surface area contributed by atoms with E-state index in [-0.39, 0.29) is 0 Å². The molecule has 18 heavy (non-hydrogen) atoms. The predicted molar refractivity (Wildman–Crippen MR) is 64.3 cm³/mol. The van der Waals surface area contributed by atoms with Gasteiger partial charge in [0.2, 0.25) is 0 Å². The summed E-state index contributed by atoms with van der Waals surface area (Å²) >= 11 is 0. The fraction of sp³-hybridized carbons (Fsp3) is 0.538. The summed E-state index contributed by atoms with van der Waals surface area (Å²) in [4.78, 5) is 1.96. The van der Waals surface area contributed by atoms with Crippen LogP contribution in [0.4, 0.5) is 13.2 Å². The Morgan fingerprint density at radius 2 is 1.89 bits per heavy atom. The smallest absolute Gasteiger partial charge is 0.419 e. The van der Waals surface area contributed by atoms with Crippen molar-refractivity contribution in [3.05, 3.63) is 29.3 Å². The van der Waals surface area contributed by atoms with Crippen molar-refractivity contribution in [3.63, 3.8) is 0 Å². The van der Waals surface area contributed by atoms with Crippen LogP contribution < -0.4 is 0 Å². The molecular weight excluding hydrogens is 243 g/mol. The van der Waals surface area contributed by atoms with Gasteiger partial charge in [0, 0.05) is 13.1 Å². The van der Waals surface area contributed by atoms with E-state index < -0.39 is 17.5 Å². The van der Waals surface area contributed by atoms with Crippen LogP contribution in [-0.2, 0) is 12.7 Å². The zero-order chi connectivity index (χ0) is 13.9. The van der Waals surface area contributed by atoms with Crippen LogP contribution in [0.15, 0.2) is 18.2 Å². The Morgan fingerprint density at radius 3 is 2.39 bits per heavy atom. The van der Waals surface area contributed by atoms with Gasteiger partial charge >= 0.3 is 6.18 Å². The maximum Gasteiger partial charge on any atom is 0.419 e. The highest BCUT2D eigenvalue weighted by Crippen LogP contribution is 2.36. The maximum absolute atomic E-state index is 12.6. The molecule has 0 radical (unpaired) electrons. The third-order valence-corrected chi connectivity index (χ3v) is 2.50. The number of halogens is 3. The lowest BCUT2D eigenvalue weighted by Gasteiger charge is -2.19. The Bertz CT molecular complexity index is 402. The van der Waals surface area contributed by atoms with Crippen molar-refractivity contribution in [2.24, 2.45) is 5.92 Å². The minimum Gasteiger partial charge on any atom is -0.507 e. The van der Waals surface area contributed by atoms with E-state index in [0.29, 0.717) is 18.0 Å². The summed E-state index contributed by atoms with van der Waals surface area (Å²) in [5.41, 5.74) is -0.429. The van der Waals surface area contributed by atoms with Crippen LogP contribution in [-0.4, -0.2) is 23.6 Å². The number of benzene rings is 1. The van der Waals surface area contributed by atoms with Gasteiger partial charge in [-0.25, -0.2) is 0 Å². The maximum atomic E-state index is 12.6. The molecule has 1 aromatic rings. The molecule has 0 fully saturated rings. The monoisotopic (exact) mass is 261 g/mol. The van der Waals surface area contributed by atoms with Gasteiger partial charge in [-0.2, -0.15) is 13.2 Å². The number of nitrogens with zero attached hydrogens (tertiary/aromatic N) is 1. The molecule has 1 aromatic carbocycles. The Labute approximate surface area is 105 Å². The number of aromatic hydroxyl groups is 1. The molecule has 0 atom stereocenters. The van der Waals surface area contributed by atoms with E-state index >= 15 is 0 Å². The molecule has 1 rings (SSSR count). The second kappa shape index (κ2) is 5.61. The first-order valence-electron chi connectivity index (χ1n) is 5.77. The van der Waals surface area contributed by atoms with Crippen LogP contribution in [0.2, 0.25) is 0 Å². The molecule has 0 saturated carbocycles. The van der Waals surface area contributed by atoms with Crippen molar-refractivity contribution in [1.29, 1.82) is 0 Å². The van der Waals surface area contributed by atoms with Crippen LogP contribution in [0.1, 0.15) is 25.0 Å². The Morgan fingerprint density at radius 1 is 1.28 bits per heavy atom. The van der Waals surface area contributed by atoms with Gasteiger partial charge in [0.05, 0.1) is 5.56 Å².